The van der Waals surface area contributed by atoms with Crippen LogP contribution in [0.4, 0.5) is 10.1 Å². The number of nitrogens with one attached hydrogen (secondary N) is 1. The van der Waals surface area contributed by atoms with Gasteiger partial charge in [-0.1, -0.05) is 36.3 Å². The van der Waals surface area contributed by atoms with Gasteiger partial charge in [0, 0.05) is 30.6 Å². The fourth-order valence-electron chi connectivity index (χ4n) is 5.70. The minimum Gasteiger partial charge on any atom is -0.431 e. The summed E-state index contributed by atoms with van der Waals surface area (Å²) < 4.78 is 43.2. The van der Waals surface area contributed by atoms with Crippen molar-refractivity contribution in [1.82, 2.24) is 10.3 Å². The Morgan fingerprint density at radius 1 is 1.07 bits per heavy atom. The third kappa shape index (κ3) is 6.09. The number of nitriles is 1. The summed E-state index contributed by atoms with van der Waals surface area (Å²) in [4.78, 5) is 21.3. The molecule has 2 heterocycles. The van der Waals surface area contributed by atoms with Crippen LogP contribution in [0.3, 0.4) is 0 Å². The second-order valence-electron chi connectivity index (χ2n) is 11.1. The topological polar surface area (TPSA) is 112 Å². The summed E-state index contributed by atoms with van der Waals surface area (Å²) in [7, 11) is -2.97. The normalized spacial score (nSPS) is 22.9. The Balaban J connectivity index is 1.32. The molecule has 3 aromatic rings. The van der Waals surface area contributed by atoms with Crippen LogP contribution >= 0.6 is 11.3 Å². The first-order chi connectivity index (χ1) is 19.7. The van der Waals surface area contributed by atoms with Gasteiger partial charge in [-0.15, -0.1) is 0 Å². The molecule has 0 bridgehead atoms. The van der Waals surface area contributed by atoms with Crippen molar-refractivity contribution in [2.45, 2.75) is 50.0 Å². The number of hydrogen-bond donors (Lipinski definition) is 1. The van der Waals surface area contributed by atoms with Gasteiger partial charge in [-0.05, 0) is 67.6 Å². The molecule has 2 aliphatic carbocycles. The molecule has 41 heavy (non-hydrogen) atoms. The second-order valence-corrected chi connectivity index (χ2v) is 14.4. The molecule has 8 nitrogen and oxygen atoms in total. The number of ether oxygens (including phenoxy) is 1. The molecule has 1 amide bonds. The molecule has 3 fully saturated rings. The van der Waals surface area contributed by atoms with Crippen LogP contribution in [0.2, 0.25) is 0 Å². The standard InChI is InChI=1S/C30H31FN4O4S2/c31-21-7-11-23(12-8-21)39-29-33-26(24-3-1-2-4-25(24)28(36)34-30(19-32)13-14-30)27(40-29)20-5-9-22(10-6-20)35-15-17-41(37,38)18-16-35/h5-12,24-25H,1-4,13-18H2,(H,34,36)/t24-,25-/m1/s1. The van der Waals surface area contributed by atoms with Crippen molar-refractivity contribution in [1.29, 1.82) is 5.26 Å². The Morgan fingerprint density at radius 2 is 1.76 bits per heavy atom. The summed E-state index contributed by atoms with van der Waals surface area (Å²) in [6, 6.07) is 16.0. The first-order valence-electron chi connectivity index (χ1n) is 14.0. The van der Waals surface area contributed by atoms with Crippen LogP contribution in [-0.2, 0) is 14.6 Å². The third-order valence-corrected chi connectivity index (χ3v) is 10.9. The van der Waals surface area contributed by atoms with E-state index in [1.807, 2.05) is 24.3 Å². The van der Waals surface area contributed by atoms with E-state index in [1.54, 1.807) is 12.1 Å². The summed E-state index contributed by atoms with van der Waals surface area (Å²) in [5.74, 6) is -0.122. The van der Waals surface area contributed by atoms with E-state index < -0.39 is 15.4 Å². The number of nitrogens with zero attached hydrogens (tertiary/aromatic N) is 3. The molecule has 214 valence electrons. The van der Waals surface area contributed by atoms with E-state index in [2.05, 4.69) is 16.3 Å². The highest BCUT2D eigenvalue weighted by atomic mass is 32.2. The van der Waals surface area contributed by atoms with Crippen molar-refractivity contribution < 1.29 is 22.3 Å². The van der Waals surface area contributed by atoms with Crippen molar-refractivity contribution in [3.8, 4) is 27.5 Å². The molecule has 0 unspecified atom stereocenters. The van der Waals surface area contributed by atoms with Crippen LogP contribution in [0.25, 0.3) is 10.4 Å². The fraction of sp³-hybridized carbons (Fsp3) is 0.433. The molecule has 0 spiro atoms. The van der Waals surface area contributed by atoms with Crippen LogP contribution in [0.1, 0.15) is 50.1 Å². The molecule has 11 heteroatoms. The van der Waals surface area contributed by atoms with Crippen LogP contribution < -0.4 is 15.0 Å². The molecule has 2 saturated carbocycles. The van der Waals surface area contributed by atoms with Gasteiger partial charge in [0.25, 0.3) is 5.19 Å². The predicted molar refractivity (Wildman–Crippen MR) is 155 cm³/mol. The maximum atomic E-state index is 13.5. The molecule has 2 aromatic carbocycles. The van der Waals surface area contributed by atoms with Crippen LogP contribution in [0.15, 0.2) is 48.5 Å². The smallest absolute Gasteiger partial charge is 0.279 e. The lowest BCUT2D eigenvalue weighted by molar-refractivity contribution is -0.127. The zero-order chi connectivity index (χ0) is 28.6. The van der Waals surface area contributed by atoms with Gasteiger partial charge < -0.3 is 15.0 Å². The van der Waals surface area contributed by atoms with Crippen LogP contribution in [0, 0.1) is 23.1 Å². The van der Waals surface area contributed by atoms with Gasteiger partial charge >= 0.3 is 0 Å². The number of thiazole rings is 1. The quantitative estimate of drug-likeness (QED) is 0.389. The van der Waals surface area contributed by atoms with Gasteiger partial charge in [-0.2, -0.15) is 5.26 Å². The van der Waals surface area contributed by atoms with Crippen molar-refractivity contribution in [3.63, 3.8) is 0 Å². The van der Waals surface area contributed by atoms with E-state index >= 15 is 0 Å². The minimum absolute atomic E-state index is 0.0934. The van der Waals surface area contributed by atoms with E-state index in [9.17, 15) is 22.9 Å². The number of hydrogen-bond acceptors (Lipinski definition) is 8. The average Bonchev–Trinajstić information content (AvgIpc) is 3.63. The fourth-order valence-corrected chi connectivity index (χ4v) is 7.91. The number of rotatable bonds is 7. The van der Waals surface area contributed by atoms with E-state index in [0.717, 1.165) is 47.5 Å². The maximum Gasteiger partial charge on any atom is 0.279 e. The highest BCUT2D eigenvalue weighted by Crippen LogP contribution is 2.47. The number of sulfone groups is 1. The number of carbonyl (C=O) groups excluding carboxylic acids is 1. The molecule has 2 atom stereocenters. The summed E-state index contributed by atoms with van der Waals surface area (Å²) in [6.07, 6.45) is 4.79. The lowest BCUT2D eigenvalue weighted by Gasteiger charge is -2.31. The van der Waals surface area contributed by atoms with Crippen LogP contribution in [-0.4, -0.2) is 49.4 Å². The third-order valence-electron chi connectivity index (χ3n) is 8.27. The molecular formula is C30H31FN4O4S2. The molecule has 6 rings (SSSR count). The first kappa shape index (κ1) is 27.7. The minimum atomic E-state index is -2.97. The number of carbonyl (C=O) groups is 1. The van der Waals surface area contributed by atoms with Crippen molar-refractivity contribution in [3.05, 3.63) is 60.0 Å². The summed E-state index contributed by atoms with van der Waals surface area (Å²) in [5, 5.41) is 13.0. The monoisotopic (exact) mass is 594 g/mol. The molecular weight excluding hydrogens is 563 g/mol. The van der Waals surface area contributed by atoms with Gasteiger partial charge in [-0.25, -0.2) is 17.8 Å². The number of aromatic nitrogens is 1. The number of anilines is 1. The zero-order valence-electron chi connectivity index (χ0n) is 22.5. The van der Waals surface area contributed by atoms with Gasteiger partial charge in [0.1, 0.15) is 17.1 Å². The SMILES string of the molecule is N#CC1(NC(=O)[C@@H]2CCCC[C@H]2c2nc(Oc3ccc(F)cc3)sc2-c2ccc(N3CCS(=O)(=O)CC3)cc2)CC1. The molecule has 1 aliphatic heterocycles. The number of benzene rings is 2. The van der Waals surface area contributed by atoms with Crippen LogP contribution in [0.5, 0.6) is 10.9 Å². The second kappa shape index (κ2) is 11.1. The van der Waals surface area contributed by atoms with Gasteiger partial charge in [0.05, 0.1) is 28.1 Å². The molecule has 0 radical (unpaired) electrons. The Kier molecular flexibility index (Phi) is 7.47. The Bertz CT molecular complexity index is 1560. The van der Waals surface area contributed by atoms with E-state index in [0.29, 0.717) is 36.9 Å². The lowest BCUT2D eigenvalue weighted by atomic mass is 9.76. The van der Waals surface area contributed by atoms with Crippen molar-refractivity contribution in [2.24, 2.45) is 5.92 Å². The Labute approximate surface area is 243 Å². The van der Waals surface area contributed by atoms with Crippen molar-refractivity contribution >= 4 is 32.8 Å². The van der Waals surface area contributed by atoms with Gasteiger partial charge in [0.15, 0.2) is 9.84 Å². The van der Waals surface area contributed by atoms with E-state index in [4.69, 9.17) is 9.72 Å². The largest absolute Gasteiger partial charge is 0.431 e. The van der Waals surface area contributed by atoms with Gasteiger partial charge in [0.2, 0.25) is 5.91 Å². The van der Waals surface area contributed by atoms with E-state index in [-0.39, 0.29) is 35.1 Å². The number of halogens is 1. The van der Waals surface area contributed by atoms with E-state index in [1.165, 1.54) is 23.5 Å². The first-order valence-corrected chi connectivity index (χ1v) is 16.6. The van der Waals surface area contributed by atoms with Gasteiger partial charge in [-0.3, -0.25) is 4.79 Å². The van der Waals surface area contributed by atoms with Crippen molar-refractivity contribution in [2.75, 3.05) is 29.5 Å². The Morgan fingerprint density at radius 3 is 2.41 bits per heavy atom. The highest BCUT2D eigenvalue weighted by Gasteiger charge is 2.47. The molecule has 1 aromatic heterocycles. The summed E-state index contributed by atoms with van der Waals surface area (Å²) in [6.45, 7) is 0.929. The highest BCUT2D eigenvalue weighted by molar-refractivity contribution is 7.91. The lowest BCUT2D eigenvalue weighted by Crippen LogP contribution is -2.42. The maximum absolute atomic E-state index is 13.5. The molecule has 1 N–H and O–H groups in total. The number of amides is 1. The average molecular weight is 595 g/mol. The summed E-state index contributed by atoms with van der Waals surface area (Å²) >= 11 is 1.39. The molecule has 3 aliphatic rings. The molecule has 1 saturated heterocycles. The zero-order valence-corrected chi connectivity index (χ0v) is 24.1. The summed E-state index contributed by atoms with van der Waals surface area (Å²) in [5.41, 5.74) is 1.95. The predicted octanol–water partition coefficient (Wildman–Crippen LogP) is 5.42. The Hall–Kier alpha value is -3.49.